The molecule has 1 heterocycles. The summed E-state index contributed by atoms with van der Waals surface area (Å²) in [6.45, 7) is 6.08. The summed E-state index contributed by atoms with van der Waals surface area (Å²) in [7, 11) is 0. The van der Waals surface area contributed by atoms with E-state index in [2.05, 4.69) is 29.5 Å². The van der Waals surface area contributed by atoms with Crippen LogP contribution in [-0.4, -0.2) is 24.0 Å². The number of rotatable bonds is 6. The molecule has 1 saturated carbocycles. The van der Waals surface area contributed by atoms with E-state index in [0.29, 0.717) is 11.5 Å². The summed E-state index contributed by atoms with van der Waals surface area (Å²) < 4.78 is 0. The number of pyridine rings is 1. The molecule has 21 heavy (non-hydrogen) atoms. The molecule has 0 aromatic carbocycles. The summed E-state index contributed by atoms with van der Waals surface area (Å²) in [5.41, 5.74) is 0.687. The summed E-state index contributed by atoms with van der Waals surface area (Å²) in [6.07, 6.45) is 7.83. The SMILES string of the molecule is CCCNc1cc(C(=O)NCC2CCCC(C)C2)ccn1. The van der Waals surface area contributed by atoms with Crippen molar-refractivity contribution in [2.45, 2.75) is 46.0 Å². The van der Waals surface area contributed by atoms with Crippen LogP contribution in [0.2, 0.25) is 0 Å². The van der Waals surface area contributed by atoms with Crippen LogP contribution in [0, 0.1) is 11.8 Å². The first-order valence-electron chi connectivity index (χ1n) is 8.17. The molecule has 4 nitrogen and oxygen atoms in total. The molecule has 1 amide bonds. The van der Waals surface area contributed by atoms with Crippen LogP contribution in [0.25, 0.3) is 0 Å². The lowest BCUT2D eigenvalue weighted by atomic mass is 9.82. The largest absolute Gasteiger partial charge is 0.370 e. The average molecular weight is 289 g/mol. The molecule has 1 aromatic heterocycles. The van der Waals surface area contributed by atoms with Gasteiger partial charge in [-0.05, 0) is 43.2 Å². The first kappa shape index (κ1) is 15.8. The van der Waals surface area contributed by atoms with Gasteiger partial charge in [0.25, 0.3) is 5.91 Å². The van der Waals surface area contributed by atoms with Crippen molar-refractivity contribution in [2.75, 3.05) is 18.4 Å². The van der Waals surface area contributed by atoms with Gasteiger partial charge in [0.1, 0.15) is 5.82 Å². The van der Waals surface area contributed by atoms with Crippen molar-refractivity contribution in [1.29, 1.82) is 0 Å². The molecule has 2 unspecified atom stereocenters. The van der Waals surface area contributed by atoms with Crippen molar-refractivity contribution in [3.63, 3.8) is 0 Å². The van der Waals surface area contributed by atoms with Crippen molar-refractivity contribution in [3.8, 4) is 0 Å². The zero-order chi connectivity index (χ0) is 15.1. The number of aromatic nitrogens is 1. The minimum atomic E-state index is 0.00942. The van der Waals surface area contributed by atoms with Crippen molar-refractivity contribution in [1.82, 2.24) is 10.3 Å². The maximum atomic E-state index is 12.2. The number of amides is 1. The molecular weight excluding hydrogens is 262 g/mol. The van der Waals surface area contributed by atoms with Gasteiger partial charge in [-0.25, -0.2) is 4.98 Å². The van der Waals surface area contributed by atoms with E-state index in [9.17, 15) is 4.79 Å². The molecule has 0 aliphatic heterocycles. The normalized spacial score (nSPS) is 21.8. The fourth-order valence-corrected chi connectivity index (χ4v) is 3.01. The third-order valence-corrected chi connectivity index (χ3v) is 4.17. The van der Waals surface area contributed by atoms with Gasteiger partial charge in [-0.2, -0.15) is 0 Å². The van der Waals surface area contributed by atoms with Crippen LogP contribution in [0.1, 0.15) is 56.3 Å². The summed E-state index contributed by atoms with van der Waals surface area (Å²) in [4.78, 5) is 16.5. The maximum Gasteiger partial charge on any atom is 0.251 e. The number of carbonyl (C=O) groups excluding carboxylic acids is 1. The standard InChI is InChI=1S/C17H27N3O/c1-3-8-18-16-11-15(7-9-19-16)17(21)20-12-14-6-4-5-13(2)10-14/h7,9,11,13-14H,3-6,8,10,12H2,1-2H3,(H,18,19)(H,20,21). The molecule has 116 valence electrons. The Morgan fingerprint density at radius 3 is 3.05 bits per heavy atom. The second-order valence-electron chi connectivity index (χ2n) is 6.20. The van der Waals surface area contributed by atoms with Gasteiger partial charge >= 0.3 is 0 Å². The Kier molecular flexibility index (Phi) is 6.03. The minimum absolute atomic E-state index is 0.00942. The van der Waals surface area contributed by atoms with Crippen LogP contribution in [-0.2, 0) is 0 Å². The van der Waals surface area contributed by atoms with Crippen molar-refractivity contribution >= 4 is 11.7 Å². The van der Waals surface area contributed by atoms with Crippen molar-refractivity contribution in [2.24, 2.45) is 11.8 Å². The molecular formula is C17H27N3O. The third-order valence-electron chi connectivity index (χ3n) is 4.17. The molecule has 2 N–H and O–H groups in total. The highest BCUT2D eigenvalue weighted by Gasteiger charge is 2.19. The van der Waals surface area contributed by atoms with Gasteiger partial charge in [0.05, 0.1) is 0 Å². The summed E-state index contributed by atoms with van der Waals surface area (Å²) in [5.74, 6) is 2.22. The van der Waals surface area contributed by atoms with E-state index in [0.717, 1.165) is 31.2 Å². The van der Waals surface area contributed by atoms with Gasteiger partial charge in [-0.3, -0.25) is 4.79 Å². The van der Waals surface area contributed by atoms with E-state index < -0.39 is 0 Å². The van der Waals surface area contributed by atoms with Crippen molar-refractivity contribution in [3.05, 3.63) is 23.9 Å². The summed E-state index contributed by atoms with van der Waals surface area (Å²) in [6, 6.07) is 3.60. The summed E-state index contributed by atoms with van der Waals surface area (Å²) in [5, 5.41) is 6.29. The second kappa shape index (κ2) is 8.01. The van der Waals surface area contributed by atoms with Crippen LogP contribution < -0.4 is 10.6 Å². The van der Waals surface area contributed by atoms with Crippen LogP contribution in [0.3, 0.4) is 0 Å². The Hall–Kier alpha value is -1.58. The number of nitrogens with one attached hydrogen (secondary N) is 2. The van der Waals surface area contributed by atoms with E-state index in [1.165, 1.54) is 25.7 Å². The van der Waals surface area contributed by atoms with E-state index in [1.54, 1.807) is 12.3 Å². The predicted octanol–water partition coefficient (Wildman–Crippen LogP) is 3.46. The average Bonchev–Trinajstić information content (AvgIpc) is 2.51. The minimum Gasteiger partial charge on any atom is -0.370 e. The van der Waals surface area contributed by atoms with Crippen LogP contribution in [0.15, 0.2) is 18.3 Å². The second-order valence-corrected chi connectivity index (χ2v) is 6.20. The molecule has 1 aromatic rings. The van der Waals surface area contributed by atoms with E-state index >= 15 is 0 Å². The van der Waals surface area contributed by atoms with Gasteiger partial charge < -0.3 is 10.6 Å². The quantitative estimate of drug-likeness (QED) is 0.843. The highest BCUT2D eigenvalue weighted by molar-refractivity contribution is 5.94. The number of nitrogens with zero attached hydrogens (tertiary/aromatic N) is 1. The molecule has 0 saturated heterocycles. The smallest absolute Gasteiger partial charge is 0.251 e. The molecule has 0 radical (unpaired) electrons. The first-order chi connectivity index (χ1) is 10.2. The van der Waals surface area contributed by atoms with E-state index in [-0.39, 0.29) is 5.91 Å². The number of carbonyl (C=O) groups is 1. The Labute approximate surface area is 127 Å². The highest BCUT2D eigenvalue weighted by Crippen LogP contribution is 2.27. The molecule has 1 aliphatic carbocycles. The Morgan fingerprint density at radius 2 is 2.29 bits per heavy atom. The van der Waals surface area contributed by atoms with Gasteiger partial charge in [-0.15, -0.1) is 0 Å². The molecule has 0 bridgehead atoms. The van der Waals surface area contributed by atoms with Gasteiger partial charge in [0.15, 0.2) is 0 Å². The molecule has 0 spiro atoms. The molecule has 1 aliphatic rings. The third kappa shape index (κ3) is 5.03. The summed E-state index contributed by atoms with van der Waals surface area (Å²) >= 11 is 0. The fraction of sp³-hybridized carbons (Fsp3) is 0.647. The van der Waals surface area contributed by atoms with Gasteiger partial charge in [-0.1, -0.05) is 26.7 Å². The van der Waals surface area contributed by atoms with Crippen molar-refractivity contribution < 1.29 is 4.79 Å². The monoisotopic (exact) mass is 289 g/mol. The molecule has 1 fully saturated rings. The lowest BCUT2D eigenvalue weighted by molar-refractivity contribution is 0.0940. The number of anilines is 1. The lowest BCUT2D eigenvalue weighted by Gasteiger charge is -2.26. The predicted molar refractivity (Wildman–Crippen MR) is 86.5 cm³/mol. The highest BCUT2D eigenvalue weighted by atomic mass is 16.1. The molecule has 2 atom stereocenters. The van der Waals surface area contributed by atoms with Gasteiger partial charge in [0, 0.05) is 24.8 Å². The van der Waals surface area contributed by atoms with Gasteiger partial charge in [0.2, 0.25) is 0 Å². The van der Waals surface area contributed by atoms with E-state index in [4.69, 9.17) is 0 Å². The Bertz CT molecular complexity index is 461. The van der Waals surface area contributed by atoms with Crippen LogP contribution in [0.4, 0.5) is 5.82 Å². The molecule has 2 rings (SSSR count). The molecule has 4 heteroatoms. The fourth-order valence-electron chi connectivity index (χ4n) is 3.01. The topological polar surface area (TPSA) is 54.0 Å². The van der Waals surface area contributed by atoms with Crippen LogP contribution in [0.5, 0.6) is 0 Å². The van der Waals surface area contributed by atoms with Crippen LogP contribution >= 0.6 is 0 Å². The maximum absolute atomic E-state index is 12.2. The number of hydrogen-bond donors (Lipinski definition) is 2. The van der Waals surface area contributed by atoms with E-state index in [1.807, 2.05) is 6.07 Å². The Morgan fingerprint density at radius 1 is 1.43 bits per heavy atom. The number of hydrogen-bond acceptors (Lipinski definition) is 3. The first-order valence-corrected chi connectivity index (χ1v) is 8.17. The lowest BCUT2D eigenvalue weighted by Crippen LogP contribution is -2.31. The zero-order valence-electron chi connectivity index (χ0n) is 13.2. The zero-order valence-corrected chi connectivity index (χ0v) is 13.2. The Balaban J connectivity index is 1.85.